The molecule has 4 aromatic rings. The lowest BCUT2D eigenvalue weighted by Gasteiger charge is -2.07. The molecular weight excluding hydrogens is 374 g/mol. The van der Waals surface area contributed by atoms with Crippen molar-refractivity contribution in [1.29, 1.82) is 0 Å². The highest BCUT2D eigenvalue weighted by Crippen LogP contribution is 2.23. The first-order chi connectivity index (χ1) is 13.6. The zero-order valence-electron chi connectivity index (χ0n) is 15.2. The van der Waals surface area contributed by atoms with Crippen molar-refractivity contribution >= 4 is 17.5 Å². The van der Waals surface area contributed by atoms with Gasteiger partial charge in [-0.2, -0.15) is 10.2 Å². The van der Waals surface area contributed by atoms with E-state index in [2.05, 4.69) is 20.6 Å². The molecule has 0 aliphatic heterocycles. The lowest BCUT2D eigenvalue weighted by Crippen LogP contribution is -2.23. The van der Waals surface area contributed by atoms with Crippen LogP contribution in [-0.4, -0.2) is 25.9 Å². The number of nitrogens with one attached hydrogen (secondary N) is 2. The molecule has 2 N–H and O–H groups in total. The van der Waals surface area contributed by atoms with Crippen molar-refractivity contribution in [3.63, 3.8) is 0 Å². The van der Waals surface area contributed by atoms with Crippen LogP contribution in [0.2, 0.25) is 5.15 Å². The molecule has 0 spiro atoms. The molecule has 0 saturated heterocycles. The van der Waals surface area contributed by atoms with Crippen molar-refractivity contribution < 1.29 is 4.79 Å². The number of amides is 1. The molecule has 0 aliphatic carbocycles. The average Bonchev–Trinajstić information content (AvgIpc) is 3.35. The first-order valence-corrected chi connectivity index (χ1v) is 9.18. The predicted molar refractivity (Wildman–Crippen MR) is 109 cm³/mol. The fourth-order valence-corrected chi connectivity index (χ4v) is 3.34. The summed E-state index contributed by atoms with van der Waals surface area (Å²) in [6.45, 7) is 2.17. The van der Waals surface area contributed by atoms with Crippen molar-refractivity contribution in [3.05, 3.63) is 88.8 Å². The van der Waals surface area contributed by atoms with E-state index >= 15 is 0 Å². The van der Waals surface area contributed by atoms with E-state index in [1.54, 1.807) is 17.8 Å². The maximum absolute atomic E-state index is 12.7. The maximum Gasteiger partial charge on any atom is 0.256 e. The molecule has 28 heavy (non-hydrogen) atoms. The predicted octanol–water partition coefficient (Wildman–Crippen LogP) is 4.15. The summed E-state index contributed by atoms with van der Waals surface area (Å²) in [6.07, 6.45) is 1.71. The standard InChI is InChI=1S/C21H18ClN5O/c1-14-19(20(22)27(26-14)17-5-3-2-4-6-17)21(28)23-13-15-7-9-16(10-8-15)18-11-12-24-25-18/h2-12H,13H2,1H3,(H,23,28)(H,24,25). The van der Waals surface area contributed by atoms with Crippen molar-refractivity contribution in [1.82, 2.24) is 25.3 Å². The summed E-state index contributed by atoms with van der Waals surface area (Å²) in [4.78, 5) is 12.7. The molecular formula is C21H18ClN5O. The van der Waals surface area contributed by atoms with Gasteiger partial charge in [0.15, 0.2) is 0 Å². The minimum Gasteiger partial charge on any atom is -0.348 e. The molecule has 1 amide bonds. The Balaban J connectivity index is 1.48. The Bertz CT molecular complexity index is 1090. The zero-order valence-corrected chi connectivity index (χ0v) is 15.9. The van der Waals surface area contributed by atoms with Crippen molar-refractivity contribution in [2.45, 2.75) is 13.5 Å². The summed E-state index contributed by atoms with van der Waals surface area (Å²) in [5, 5.41) is 14.5. The highest BCUT2D eigenvalue weighted by Gasteiger charge is 2.20. The third-order valence-corrected chi connectivity index (χ3v) is 4.80. The quantitative estimate of drug-likeness (QED) is 0.536. The van der Waals surface area contributed by atoms with E-state index in [0.29, 0.717) is 23.0 Å². The van der Waals surface area contributed by atoms with Gasteiger partial charge in [-0.05, 0) is 36.2 Å². The van der Waals surface area contributed by atoms with Gasteiger partial charge in [-0.1, -0.05) is 54.1 Å². The van der Waals surface area contributed by atoms with Crippen molar-refractivity contribution in [2.75, 3.05) is 0 Å². The SMILES string of the molecule is Cc1nn(-c2ccccc2)c(Cl)c1C(=O)NCc1ccc(-c2ccn[nH]2)cc1. The zero-order chi connectivity index (χ0) is 19.5. The maximum atomic E-state index is 12.7. The normalized spacial score (nSPS) is 10.8. The van der Waals surface area contributed by atoms with Gasteiger partial charge in [-0.15, -0.1) is 0 Å². The second-order valence-corrected chi connectivity index (χ2v) is 6.71. The molecule has 0 bridgehead atoms. The molecule has 0 aliphatic rings. The number of aryl methyl sites for hydroxylation is 1. The first-order valence-electron chi connectivity index (χ1n) is 8.81. The number of hydrogen-bond acceptors (Lipinski definition) is 3. The van der Waals surface area contributed by atoms with Crippen LogP contribution in [-0.2, 0) is 6.54 Å². The van der Waals surface area contributed by atoms with Crippen LogP contribution in [0.1, 0.15) is 21.6 Å². The highest BCUT2D eigenvalue weighted by molar-refractivity contribution is 6.33. The van der Waals surface area contributed by atoms with Crippen LogP contribution in [0.25, 0.3) is 16.9 Å². The molecule has 0 radical (unpaired) electrons. The summed E-state index contributed by atoms with van der Waals surface area (Å²) in [7, 11) is 0. The van der Waals surface area contributed by atoms with Gasteiger partial charge in [0, 0.05) is 12.7 Å². The Morgan fingerprint density at radius 1 is 1.11 bits per heavy atom. The van der Waals surface area contributed by atoms with Crippen LogP contribution in [0.3, 0.4) is 0 Å². The van der Waals surface area contributed by atoms with Crippen LogP contribution in [0, 0.1) is 6.92 Å². The van der Waals surface area contributed by atoms with Gasteiger partial charge in [-0.3, -0.25) is 9.89 Å². The minimum absolute atomic E-state index is 0.248. The number of hydrogen-bond donors (Lipinski definition) is 2. The first kappa shape index (κ1) is 18.0. The van der Waals surface area contributed by atoms with Crippen LogP contribution >= 0.6 is 11.6 Å². The van der Waals surface area contributed by atoms with E-state index < -0.39 is 0 Å². The molecule has 4 rings (SSSR count). The number of aromatic amines is 1. The molecule has 140 valence electrons. The van der Waals surface area contributed by atoms with Gasteiger partial charge in [0.1, 0.15) is 5.15 Å². The molecule has 0 atom stereocenters. The van der Waals surface area contributed by atoms with Crippen molar-refractivity contribution in [3.8, 4) is 16.9 Å². The van der Waals surface area contributed by atoms with Gasteiger partial charge in [0.25, 0.3) is 5.91 Å². The Hall–Kier alpha value is -3.38. The monoisotopic (exact) mass is 391 g/mol. The van der Waals surface area contributed by atoms with Crippen LogP contribution in [0.4, 0.5) is 0 Å². The molecule has 7 heteroatoms. The van der Waals surface area contributed by atoms with Crippen LogP contribution in [0.5, 0.6) is 0 Å². The van der Waals surface area contributed by atoms with Crippen LogP contribution in [0.15, 0.2) is 66.9 Å². The number of halogens is 1. The Morgan fingerprint density at radius 2 is 1.86 bits per heavy atom. The molecule has 6 nitrogen and oxygen atoms in total. The number of rotatable bonds is 5. The fourth-order valence-electron chi connectivity index (χ4n) is 2.99. The summed E-state index contributed by atoms with van der Waals surface area (Å²) in [5.41, 5.74) is 4.76. The smallest absolute Gasteiger partial charge is 0.256 e. The summed E-state index contributed by atoms with van der Waals surface area (Å²) in [6, 6.07) is 19.3. The lowest BCUT2D eigenvalue weighted by molar-refractivity contribution is 0.0950. The highest BCUT2D eigenvalue weighted by atomic mass is 35.5. The Labute approximate surface area is 167 Å². The third kappa shape index (κ3) is 3.54. The van der Waals surface area contributed by atoms with Gasteiger partial charge in [0.2, 0.25) is 0 Å². The van der Waals surface area contributed by atoms with E-state index in [0.717, 1.165) is 22.5 Å². The molecule has 2 aromatic heterocycles. The van der Waals surface area contributed by atoms with E-state index in [-0.39, 0.29) is 5.91 Å². The molecule has 0 saturated carbocycles. The minimum atomic E-state index is -0.248. The van der Waals surface area contributed by atoms with Gasteiger partial charge < -0.3 is 5.32 Å². The largest absolute Gasteiger partial charge is 0.348 e. The lowest BCUT2D eigenvalue weighted by atomic mass is 10.1. The van der Waals surface area contributed by atoms with Crippen LogP contribution < -0.4 is 5.32 Å². The number of carbonyl (C=O) groups excluding carboxylic acids is 1. The van der Waals surface area contributed by atoms with Gasteiger partial charge in [0.05, 0.1) is 22.6 Å². The number of carbonyl (C=O) groups is 1. The van der Waals surface area contributed by atoms with E-state index in [1.807, 2.05) is 60.7 Å². The topological polar surface area (TPSA) is 75.6 Å². The third-order valence-electron chi connectivity index (χ3n) is 4.45. The second kappa shape index (κ2) is 7.70. The van der Waals surface area contributed by atoms with E-state index in [4.69, 9.17) is 11.6 Å². The number of H-pyrrole nitrogens is 1. The Morgan fingerprint density at radius 3 is 2.54 bits per heavy atom. The second-order valence-electron chi connectivity index (χ2n) is 6.35. The molecule has 2 aromatic carbocycles. The molecule has 0 unspecified atom stereocenters. The number of nitrogens with zero attached hydrogens (tertiary/aromatic N) is 3. The van der Waals surface area contributed by atoms with Gasteiger partial charge >= 0.3 is 0 Å². The van der Waals surface area contributed by atoms with Crippen molar-refractivity contribution in [2.24, 2.45) is 0 Å². The number of benzene rings is 2. The van der Waals surface area contributed by atoms with E-state index in [1.165, 1.54) is 0 Å². The average molecular weight is 392 g/mol. The fraction of sp³-hybridized carbons (Fsp3) is 0.0952. The molecule has 0 fully saturated rings. The Kier molecular flexibility index (Phi) is 4.95. The summed E-state index contributed by atoms with van der Waals surface area (Å²) < 4.78 is 1.57. The molecule has 2 heterocycles. The number of para-hydroxylation sites is 1. The van der Waals surface area contributed by atoms with E-state index in [9.17, 15) is 4.79 Å². The van der Waals surface area contributed by atoms with Gasteiger partial charge in [-0.25, -0.2) is 4.68 Å². The summed E-state index contributed by atoms with van der Waals surface area (Å²) in [5.74, 6) is -0.248. The number of aromatic nitrogens is 4. The summed E-state index contributed by atoms with van der Waals surface area (Å²) >= 11 is 6.45.